The minimum atomic E-state index is -4.73. The van der Waals surface area contributed by atoms with Crippen LogP contribution < -0.4 is 119 Å². The molecule has 13 nitrogen and oxygen atoms in total. The first-order valence-electron chi connectivity index (χ1n) is 12.3. The van der Waals surface area contributed by atoms with E-state index in [1.54, 1.807) is 0 Å². The Balaban J connectivity index is -0.000000202. The van der Waals surface area contributed by atoms with Crippen LogP contribution in [0.2, 0.25) is 0 Å². The van der Waals surface area contributed by atoms with E-state index in [4.69, 9.17) is 44.2 Å². The van der Waals surface area contributed by atoms with Crippen molar-refractivity contribution in [1.82, 2.24) is 0 Å². The Morgan fingerprint density at radius 1 is 0.898 bits per heavy atom. The number of halogens is 7. The molecule has 2 aromatic carbocycles. The van der Waals surface area contributed by atoms with Crippen LogP contribution in [0.25, 0.3) is 9.69 Å². The van der Waals surface area contributed by atoms with Crippen molar-refractivity contribution in [2.45, 2.75) is 64.3 Å². The average Bonchev–Trinajstić information content (AvgIpc) is 2.96. The topological polar surface area (TPSA) is 211 Å². The molecule has 0 aromatic heterocycles. The minimum absolute atomic E-state index is 0. The van der Waals surface area contributed by atoms with E-state index in [-0.39, 0.29) is 122 Å². The fraction of sp³-hybridized carbons (Fsp3) is 0.370. The number of carboxylic acids is 2. The van der Waals surface area contributed by atoms with Crippen LogP contribution in [0.1, 0.15) is 37.5 Å². The zero-order chi connectivity index (χ0) is 37.4. The molecule has 0 unspecified atom stereocenters. The summed E-state index contributed by atoms with van der Waals surface area (Å²) in [5.41, 5.74) is 0.556. The van der Waals surface area contributed by atoms with Crippen molar-refractivity contribution in [3.8, 4) is 0 Å². The molecule has 262 valence electrons. The van der Waals surface area contributed by atoms with Gasteiger partial charge in [-0.1, -0.05) is 12.1 Å². The quantitative estimate of drug-likeness (QED) is 0.0447. The second kappa shape index (κ2) is 25.2. The molecular weight excluding hydrogens is 735 g/mol. The summed E-state index contributed by atoms with van der Waals surface area (Å²) in [5, 5.41) is 45.6. The molecule has 0 aliphatic heterocycles. The number of rotatable bonds is 7. The van der Waals surface area contributed by atoms with Crippen molar-refractivity contribution in [1.29, 1.82) is 0 Å². The zero-order valence-electron chi connectivity index (χ0n) is 27.6. The van der Waals surface area contributed by atoms with E-state index in [0.717, 1.165) is 32.0 Å². The van der Waals surface area contributed by atoms with E-state index in [9.17, 15) is 45.4 Å². The number of aliphatic hydroxyl groups excluding tert-OH is 2. The fourth-order valence-electron chi connectivity index (χ4n) is 3.19. The van der Waals surface area contributed by atoms with E-state index >= 15 is 0 Å². The molecule has 2 rings (SSSR count). The molecule has 7 N–H and O–H groups in total. The monoisotopic (exact) mass is 764 g/mol. The van der Waals surface area contributed by atoms with Gasteiger partial charge >= 0.3 is 127 Å². The van der Waals surface area contributed by atoms with Gasteiger partial charge in [-0.25, -0.2) is 18.9 Å². The third kappa shape index (κ3) is 18.9. The maximum Gasteiger partial charge on any atom is 1.00 e. The predicted octanol–water partition coefficient (Wildman–Crippen LogP) is -2.15. The molecule has 49 heavy (non-hydrogen) atoms. The number of carbonyl (C=O) groups excluding carboxylic acids is 1. The Kier molecular flexibility index (Phi) is 27.8. The van der Waals surface area contributed by atoms with Crippen LogP contribution >= 0.6 is 0 Å². The van der Waals surface area contributed by atoms with Gasteiger partial charge in [-0.2, -0.15) is 26.3 Å². The molecule has 0 saturated heterocycles. The normalized spacial score (nSPS) is 12.5. The van der Waals surface area contributed by atoms with E-state index in [1.807, 2.05) is 0 Å². The summed E-state index contributed by atoms with van der Waals surface area (Å²) in [4.78, 5) is 37.6. The van der Waals surface area contributed by atoms with Crippen LogP contribution in [0, 0.1) is 32.8 Å². The number of aliphatic carboxylic acids is 2. The molecule has 0 bridgehead atoms. The fourth-order valence-corrected chi connectivity index (χ4v) is 3.19. The van der Waals surface area contributed by atoms with Crippen molar-refractivity contribution >= 4 is 35.5 Å². The molecule has 0 amide bonds. The molecular formula is C27H29F7K2N4O9. The van der Waals surface area contributed by atoms with Gasteiger partial charge in [0.1, 0.15) is 11.9 Å². The van der Waals surface area contributed by atoms with Crippen molar-refractivity contribution in [2.24, 2.45) is 5.73 Å². The van der Waals surface area contributed by atoms with Crippen molar-refractivity contribution in [2.75, 3.05) is 5.32 Å². The number of hydrogen-bond donors (Lipinski definition) is 6. The van der Waals surface area contributed by atoms with Gasteiger partial charge in [0, 0.05) is 5.69 Å². The van der Waals surface area contributed by atoms with E-state index in [0.29, 0.717) is 0 Å². The summed E-state index contributed by atoms with van der Waals surface area (Å²) >= 11 is 0. The first-order chi connectivity index (χ1) is 21.4. The summed E-state index contributed by atoms with van der Waals surface area (Å²) in [6, 6.07) is 1.23. The molecule has 0 spiro atoms. The third-order valence-corrected chi connectivity index (χ3v) is 5.53. The number of carbonyl (C=O) groups is 3. The van der Waals surface area contributed by atoms with Gasteiger partial charge in [-0.15, -0.1) is 0 Å². The first kappa shape index (κ1) is 54.0. The summed E-state index contributed by atoms with van der Waals surface area (Å²) < 4.78 is 88.9. The van der Waals surface area contributed by atoms with Crippen molar-refractivity contribution < 1.29 is 180 Å². The maximum atomic E-state index is 13.0. The first-order valence-corrected chi connectivity index (χ1v) is 12.3. The Hall–Kier alpha value is -1.75. The molecule has 0 heterocycles. The van der Waals surface area contributed by atoms with Crippen LogP contribution in [-0.4, -0.2) is 63.1 Å². The van der Waals surface area contributed by atoms with Gasteiger partial charge in [-0.3, -0.25) is 9.59 Å². The van der Waals surface area contributed by atoms with Crippen molar-refractivity contribution in [3.05, 3.63) is 75.2 Å². The summed E-state index contributed by atoms with van der Waals surface area (Å²) in [7, 11) is 0. The number of hydrogen-bond acceptors (Lipinski definition) is 9. The Morgan fingerprint density at radius 2 is 1.29 bits per heavy atom. The molecule has 0 aliphatic rings. The van der Waals surface area contributed by atoms with Crippen LogP contribution in [0.15, 0.2) is 24.3 Å². The number of carboxylic acid groups (broad SMARTS) is 2. The predicted molar refractivity (Wildman–Crippen MR) is 147 cm³/mol. The SMILES string of the molecule is C[C@H](O)[C@@H](N)C(=O)O.O=CO[O-].[C-]#[N+]c1ccc(F)c(C)c1C(F)(F)F.[C-]#[N+]c1ccc(N[C@@H](C(=O)O)[C@H](C)O)c(C)c1C(F)(F)F.[H-].[K+].[K+]. The van der Waals surface area contributed by atoms with Crippen LogP contribution in [0.5, 0.6) is 0 Å². The molecule has 22 heteroatoms. The number of nitrogens with one attached hydrogen (secondary N) is 1. The smallest absolute Gasteiger partial charge is 1.00 e. The van der Waals surface area contributed by atoms with Crippen LogP contribution in [-0.2, 0) is 31.6 Å². The maximum absolute atomic E-state index is 13.0. The Morgan fingerprint density at radius 3 is 1.55 bits per heavy atom. The molecule has 0 aliphatic carbocycles. The average molecular weight is 765 g/mol. The largest absolute Gasteiger partial charge is 1.00 e. The number of aliphatic hydroxyl groups is 2. The van der Waals surface area contributed by atoms with Gasteiger partial charge in [0.15, 0.2) is 17.4 Å². The van der Waals surface area contributed by atoms with Crippen molar-refractivity contribution in [3.63, 3.8) is 0 Å². The second-order valence-electron chi connectivity index (χ2n) is 8.92. The number of anilines is 1. The molecule has 2 aromatic rings. The number of nitrogens with zero attached hydrogens (tertiary/aromatic N) is 2. The van der Waals surface area contributed by atoms with E-state index < -0.39 is 82.5 Å². The number of benzene rings is 2. The third-order valence-electron chi connectivity index (χ3n) is 5.53. The van der Waals surface area contributed by atoms with Crippen LogP contribution in [0.3, 0.4) is 0 Å². The van der Waals surface area contributed by atoms with Crippen LogP contribution in [0.4, 0.5) is 47.8 Å². The summed E-state index contributed by atoms with van der Waals surface area (Å²) in [6.07, 6.45) is -11.7. The van der Waals surface area contributed by atoms with Gasteiger partial charge in [0.05, 0.1) is 36.5 Å². The van der Waals surface area contributed by atoms with Gasteiger partial charge in [-0.05, 0) is 51.0 Å². The van der Waals surface area contributed by atoms with E-state index in [1.165, 1.54) is 19.9 Å². The standard InChI is InChI=1S/C13H13F3N2O3.C9H5F4N.C4H9NO3.CH2O3.2K.H/c1-6-8(18-11(7(2)19)12(20)21)4-5-9(17-3)10(6)13(14,15)16;1-5-6(10)3-4-7(14-2)8(5)9(11,12)13;1-2(6)3(5)4(7)8;2-1-4-3;;;/h4-5,7,11,18-19H,1-2H3,(H,20,21);3-4H,1H3;2-3,6H,5H2,1H3,(H,7,8);1,3H;;;/q;;;;2*+1;-1/p-1/t7-,11+;;2-,3+;;;;/m0.0..../s1. The number of nitrogens with two attached hydrogens (primary N) is 1. The van der Waals surface area contributed by atoms with E-state index in [2.05, 4.69) is 19.9 Å². The van der Waals surface area contributed by atoms with Gasteiger partial charge in [0.2, 0.25) is 0 Å². The zero-order valence-corrected chi connectivity index (χ0v) is 32.9. The number of alkyl halides is 6. The van der Waals surface area contributed by atoms with Gasteiger partial charge < -0.3 is 43.0 Å². The Bertz CT molecular complexity index is 1470. The molecule has 0 fully saturated rings. The van der Waals surface area contributed by atoms with Gasteiger partial charge in [0.25, 0.3) is 6.47 Å². The second-order valence-corrected chi connectivity index (χ2v) is 8.92. The minimum Gasteiger partial charge on any atom is -1.00 e. The Labute approximate surface area is 361 Å². The summed E-state index contributed by atoms with van der Waals surface area (Å²) in [5.74, 6) is -3.53. The molecule has 0 saturated carbocycles. The summed E-state index contributed by atoms with van der Waals surface area (Å²) in [6.45, 7) is 17.8. The molecule has 4 atom stereocenters. The molecule has 0 radical (unpaired) electrons.